The highest BCUT2D eigenvalue weighted by atomic mass is 16.5. The number of carbonyl (C=O) groups excluding carboxylic acids is 2. The Hall–Kier alpha value is -1.91. The lowest BCUT2D eigenvalue weighted by Crippen LogP contribution is -2.19. The number of hydrogen-bond donors (Lipinski definition) is 0. The molecule has 1 aromatic heterocycles. The van der Waals surface area contributed by atoms with Crippen LogP contribution in [0, 0.1) is 0 Å². The molecule has 2 fully saturated rings. The molecule has 0 atom stereocenters. The highest BCUT2D eigenvalue weighted by Crippen LogP contribution is 2.40. The number of pyridine rings is 1. The molecule has 1 aromatic rings. The van der Waals surface area contributed by atoms with E-state index in [0.717, 1.165) is 62.8 Å². The molecule has 0 spiro atoms. The second kappa shape index (κ2) is 8.65. The molecular weight excluding hydrogens is 330 g/mol. The molecule has 26 heavy (non-hydrogen) atoms. The van der Waals surface area contributed by atoms with E-state index in [1.54, 1.807) is 19.9 Å². The van der Waals surface area contributed by atoms with Crippen molar-refractivity contribution in [2.75, 3.05) is 13.2 Å². The summed E-state index contributed by atoms with van der Waals surface area (Å²) in [6.07, 6.45) is 8.81. The van der Waals surface area contributed by atoms with E-state index >= 15 is 0 Å². The van der Waals surface area contributed by atoms with Gasteiger partial charge >= 0.3 is 11.9 Å². The van der Waals surface area contributed by atoms with E-state index in [0.29, 0.717) is 24.3 Å². The minimum atomic E-state index is -0.384. The highest BCUT2D eigenvalue weighted by Gasteiger charge is 2.31. The van der Waals surface area contributed by atoms with Crippen molar-refractivity contribution >= 4 is 11.9 Å². The fraction of sp³-hybridized carbons (Fsp3) is 0.667. The number of nitrogens with zero attached hydrogens (tertiary/aromatic N) is 1. The van der Waals surface area contributed by atoms with Crippen LogP contribution in [0.1, 0.15) is 109 Å². The van der Waals surface area contributed by atoms with Gasteiger partial charge in [0.25, 0.3) is 0 Å². The maximum atomic E-state index is 12.6. The molecule has 0 unspecified atom stereocenters. The fourth-order valence-corrected chi connectivity index (χ4v) is 4.31. The quantitative estimate of drug-likeness (QED) is 0.686. The van der Waals surface area contributed by atoms with Gasteiger partial charge in [-0.1, -0.05) is 25.7 Å². The average Bonchev–Trinajstić information content (AvgIpc) is 3.35. The van der Waals surface area contributed by atoms with Crippen LogP contribution in [0.2, 0.25) is 0 Å². The molecule has 0 bridgehead atoms. The van der Waals surface area contributed by atoms with Crippen LogP contribution in [0.4, 0.5) is 0 Å². The lowest BCUT2D eigenvalue weighted by molar-refractivity contribution is 0.0521. The molecule has 2 aliphatic rings. The molecule has 2 aliphatic carbocycles. The minimum absolute atomic E-state index is 0.283. The van der Waals surface area contributed by atoms with Crippen molar-refractivity contribution in [2.45, 2.75) is 77.0 Å². The Morgan fingerprint density at radius 1 is 0.846 bits per heavy atom. The van der Waals surface area contributed by atoms with Gasteiger partial charge < -0.3 is 9.47 Å². The van der Waals surface area contributed by atoms with Gasteiger partial charge in [-0.2, -0.15) is 0 Å². The Balaban J connectivity index is 2.10. The summed E-state index contributed by atoms with van der Waals surface area (Å²) < 4.78 is 10.5. The van der Waals surface area contributed by atoms with Crippen LogP contribution >= 0.6 is 0 Å². The summed E-state index contributed by atoms with van der Waals surface area (Å²) in [6.45, 7) is 4.20. The molecule has 0 aromatic carbocycles. The van der Waals surface area contributed by atoms with Gasteiger partial charge in [0.1, 0.15) is 0 Å². The number of carbonyl (C=O) groups is 2. The molecule has 2 saturated carbocycles. The summed E-state index contributed by atoms with van der Waals surface area (Å²) >= 11 is 0. The van der Waals surface area contributed by atoms with E-state index in [2.05, 4.69) is 0 Å². The van der Waals surface area contributed by atoms with Crippen molar-refractivity contribution in [2.24, 2.45) is 0 Å². The Morgan fingerprint density at radius 2 is 1.23 bits per heavy atom. The molecule has 5 heteroatoms. The lowest BCUT2D eigenvalue weighted by Gasteiger charge is -2.20. The van der Waals surface area contributed by atoms with Crippen molar-refractivity contribution in [1.82, 2.24) is 4.98 Å². The second-order valence-electron chi connectivity index (χ2n) is 7.26. The third-order valence-corrected chi connectivity index (χ3v) is 5.56. The Labute approximate surface area is 155 Å². The summed E-state index contributed by atoms with van der Waals surface area (Å²) in [5.74, 6) is -0.201. The van der Waals surface area contributed by atoms with Crippen LogP contribution in [0.15, 0.2) is 6.07 Å². The third-order valence-electron chi connectivity index (χ3n) is 5.56. The van der Waals surface area contributed by atoms with E-state index in [9.17, 15) is 9.59 Å². The third kappa shape index (κ3) is 3.92. The van der Waals surface area contributed by atoms with E-state index in [1.807, 2.05) is 0 Å². The van der Waals surface area contributed by atoms with Gasteiger partial charge in [-0.05, 0) is 45.6 Å². The molecule has 5 nitrogen and oxygen atoms in total. The van der Waals surface area contributed by atoms with Crippen molar-refractivity contribution in [3.8, 4) is 0 Å². The first-order chi connectivity index (χ1) is 12.7. The van der Waals surface area contributed by atoms with Crippen LogP contribution in [-0.4, -0.2) is 30.1 Å². The normalized spacial score (nSPS) is 18.2. The number of ether oxygens (including phenoxy) is 2. The lowest BCUT2D eigenvalue weighted by atomic mass is 9.92. The number of rotatable bonds is 6. The van der Waals surface area contributed by atoms with E-state index in [4.69, 9.17) is 14.5 Å². The van der Waals surface area contributed by atoms with Crippen LogP contribution in [0.25, 0.3) is 0 Å². The molecule has 0 amide bonds. The maximum Gasteiger partial charge on any atom is 0.340 e. The van der Waals surface area contributed by atoms with Crippen LogP contribution < -0.4 is 0 Å². The molecular formula is C21H29NO4. The molecule has 0 radical (unpaired) electrons. The summed E-state index contributed by atoms with van der Waals surface area (Å²) in [4.78, 5) is 30.1. The molecule has 3 rings (SSSR count). The molecule has 0 N–H and O–H groups in total. The summed E-state index contributed by atoms with van der Waals surface area (Å²) in [6, 6.07) is 1.70. The number of hydrogen-bond acceptors (Lipinski definition) is 5. The first kappa shape index (κ1) is 18.9. The SMILES string of the molecule is CCOC(=O)c1cc(C(=O)OCC)c(C2CCCC2)nc1C1CCCC1. The maximum absolute atomic E-state index is 12.6. The van der Waals surface area contributed by atoms with Gasteiger partial charge in [-0.3, -0.25) is 4.98 Å². The largest absolute Gasteiger partial charge is 0.462 e. The Morgan fingerprint density at radius 3 is 1.58 bits per heavy atom. The van der Waals surface area contributed by atoms with Gasteiger partial charge in [0.15, 0.2) is 0 Å². The summed E-state index contributed by atoms with van der Waals surface area (Å²) in [7, 11) is 0. The highest BCUT2D eigenvalue weighted by molar-refractivity contribution is 5.97. The summed E-state index contributed by atoms with van der Waals surface area (Å²) in [5, 5.41) is 0. The zero-order valence-electron chi connectivity index (χ0n) is 15.9. The van der Waals surface area contributed by atoms with Gasteiger partial charge in [-0.25, -0.2) is 9.59 Å². The van der Waals surface area contributed by atoms with Crippen LogP contribution in [0.3, 0.4) is 0 Å². The van der Waals surface area contributed by atoms with E-state index < -0.39 is 0 Å². The predicted octanol–water partition coefficient (Wildman–Crippen LogP) is 4.75. The molecule has 1 heterocycles. The van der Waals surface area contributed by atoms with Gasteiger partial charge in [0.2, 0.25) is 0 Å². The van der Waals surface area contributed by atoms with Crippen molar-refractivity contribution in [3.63, 3.8) is 0 Å². The topological polar surface area (TPSA) is 65.5 Å². The standard InChI is InChI=1S/C21H29NO4/c1-3-25-20(23)16-13-17(21(24)26-4-2)19(15-11-7-8-12-15)22-18(16)14-9-5-6-10-14/h13-15H,3-12H2,1-2H3. The number of esters is 2. The minimum Gasteiger partial charge on any atom is -0.462 e. The van der Waals surface area contributed by atoms with Crippen molar-refractivity contribution in [1.29, 1.82) is 0 Å². The smallest absolute Gasteiger partial charge is 0.340 e. The van der Waals surface area contributed by atoms with Crippen molar-refractivity contribution < 1.29 is 19.1 Å². The van der Waals surface area contributed by atoms with Gasteiger partial charge in [0.05, 0.1) is 35.7 Å². The Bertz CT molecular complexity index is 605. The van der Waals surface area contributed by atoms with Crippen LogP contribution in [-0.2, 0) is 9.47 Å². The van der Waals surface area contributed by atoms with E-state index in [1.165, 1.54) is 0 Å². The Kier molecular flexibility index (Phi) is 6.28. The van der Waals surface area contributed by atoms with Gasteiger partial charge in [-0.15, -0.1) is 0 Å². The fourth-order valence-electron chi connectivity index (χ4n) is 4.31. The van der Waals surface area contributed by atoms with Crippen molar-refractivity contribution in [3.05, 3.63) is 28.6 Å². The second-order valence-corrected chi connectivity index (χ2v) is 7.26. The monoisotopic (exact) mass is 359 g/mol. The zero-order chi connectivity index (χ0) is 18.5. The average molecular weight is 359 g/mol. The van der Waals surface area contributed by atoms with Gasteiger partial charge in [0, 0.05) is 11.8 Å². The van der Waals surface area contributed by atoms with E-state index in [-0.39, 0.29) is 23.8 Å². The van der Waals surface area contributed by atoms with Crippen LogP contribution in [0.5, 0.6) is 0 Å². The molecule has 142 valence electrons. The molecule has 0 saturated heterocycles. The summed E-state index contributed by atoms with van der Waals surface area (Å²) in [5.41, 5.74) is 2.55. The first-order valence-electron chi connectivity index (χ1n) is 10.0. The first-order valence-corrected chi connectivity index (χ1v) is 10.0. The molecule has 0 aliphatic heterocycles. The predicted molar refractivity (Wildman–Crippen MR) is 98.6 cm³/mol. The number of aromatic nitrogens is 1. The zero-order valence-corrected chi connectivity index (χ0v) is 15.9.